The van der Waals surface area contributed by atoms with Crippen LogP contribution in [0.4, 0.5) is 0 Å². The number of benzene rings is 2. The molecule has 1 N–H and O–H groups in total. The molecule has 9 nitrogen and oxygen atoms in total. The number of tetrazole rings is 1. The first-order valence-electron chi connectivity index (χ1n) is 12.0. The van der Waals surface area contributed by atoms with Crippen molar-refractivity contribution in [3.8, 4) is 11.5 Å². The highest BCUT2D eigenvalue weighted by Crippen LogP contribution is 2.30. The van der Waals surface area contributed by atoms with Crippen molar-refractivity contribution in [1.82, 2.24) is 30.1 Å². The molecule has 2 aromatic heterocycles. The second kappa shape index (κ2) is 10.3. The number of nitrogens with one attached hydrogen (secondary N) is 1. The average Bonchev–Trinajstić information content (AvgIpc) is 3.16. The third kappa shape index (κ3) is 4.90. The Bertz CT molecular complexity index is 1340. The van der Waals surface area contributed by atoms with E-state index in [1.807, 2.05) is 48.5 Å². The third-order valence-electron chi connectivity index (χ3n) is 6.68. The molecule has 35 heavy (non-hydrogen) atoms. The van der Waals surface area contributed by atoms with Crippen LogP contribution in [0.15, 0.2) is 53.3 Å². The molecule has 4 aromatic rings. The number of hydrogen-bond donors (Lipinski definition) is 1. The predicted octanol–water partition coefficient (Wildman–Crippen LogP) is 3.55. The fourth-order valence-electron chi connectivity index (χ4n) is 4.80. The van der Waals surface area contributed by atoms with E-state index in [-0.39, 0.29) is 11.6 Å². The van der Waals surface area contributed by atoms with Gasteiger partial charge in [0.1, 0.15) is 17.5 Å². The van der Waals surface area contributed by atoms with Crippen molar-refractivity contribution in [2.75, 3.05) is 27.3 Å². The number of ether oxygens (including phenoxy) is 2. The Labute approximate surface area is 203 Å². The number of fused-ring (bicyclic) bond motifs is 1. The summed E-state index contributed by atoms with van der Waals surface area (Å²) in [5.41, 5.74) is 2.30. The van der Waals surface area contributed by atoms with Crippen LogP contribution < -0.4 is 15.0 Å². The van der Waals surface area contributed by atoms with E-state index in [4.69, 9.17) is 9.47 Å². The molecule has 0 radical (unpaired) electrons. The van der Waals surface area contributed by atoms with Crippen molar-refractivity contribution >= 4 is 10.9 Å². The molecule has 0 spiro atoms. The second-order valence-electron chi connectivity index (χ2n) is 8.90. The number of H-pyrrole nitrogens is 1. The van der Waals surface area contributed by atoms with Gasteiger partial charge in [0.2, 0.25) is 0 Å². The van der Waals surface area contributed by atoms with Crippen molar-refractivity contribution in [2.24, 2.45) is 0 Å². The average molecular weight is 475 g/mol. The van der Waals surface area contributed by atoms with Gasteiger partial charge in [-0.2, -0.15) is 0 Å². The van der Waals surface area contributed by atoms with Gasteiger partial charge < -0.3 is 14.5 Å². The number of methoxy groups -OCH3 is 2. The maximum atomic E-state index is 13.4. The standard InChI is InChI=1S/C26H30N6O3/c1-34-20-10-7-18(8-11-20)17-32-25(28-29-30-32)24(31-13-5-3-4-6-14-31)22-15-19-9-12-21(35-2)16-23(19)27-26(22)33/h7-12,15-16,24H,3-6,13-14,17H2,1-2H3,(H,27,33)/t24-/m1/s1. The number of aromatic amines is 1. The molecule has 1 atom stereocenters. The van der Waals surface area contributed by atoms with Crippen molar-refractivity contribution in [1.29, 1.82) is 0 Å². The highest BCUT2D eigenvalue weighted by Gasteiger charge is 2.31. The summed E-state index contributed by atoms with van der Waals surface area (Å²) in [5, 5.41) is 13.7. The summed E-state index contributed by atoms with van der Waals surface area (Å²) in [7, 11) is 3.27. The topological polar surface area (TPSA) is 98.2 Å². The van der Waals surface area contributed by atoms with Gasteiger partial charge in [-0.05, 0) is 77.6 Å². The summed E-state index contributed by atoms with van der Waals surface area (Å²) in [5.74, 6) is 2.17. The Morgan fingerprint density at radius 2 is 1.66 bits per heavy atom. The minimum Gasteiger partial charge on any atom is -0.497 e. The molecule has 182 valence electrons. The van der Waals surface area contributed by atoms with Gasteiger partial charge in [0.15, 0.2) is 5.82 Å². The van der Waals surface area contributed by atoms with E-state index in [2.05, 4.69) is 25.4 Å². The number of hydrogen-bond acceptors (Lipinski definition) is 7. The second-order valence-corrected chi connectivity index (χ2v) is 8.90. The lowest BCUT2D eigenvalue weighted by Gasteiger charge is -2.29. The van der Waals surface area contributed by atoms with Gasteiger partial charge in [0, 0.05) is 11.6 Å². The molecule has 1 fully saturated rings. The van der Waals surface area contributed by atoms with Crippen LogP contribution in [-0.2, 0) is 6.54 Å². The molecular formula is C26H30N6O3. The molecule has 5 rings (SSSR count). The van der Waals surface area contributed by atoms with Crippen LogP contribution in [-0.4, -0.2) is 57.4 Å². The first-order valence-corrected chi connectivity index (χ1v) is 12.0. The molecule has 0 bridgehead atoms. The first-order chi connectivity index (χ1) is 17.2. The van der Waals surface area contributed by atoms with Crippen LogP contribution >= 0.6 is 0 Å². The van der Waals surface area contributed by atoms with E-state index in [0.29, 0.717) is 23.7 Å². The SMILES string of the molecule is COc1ccc(Cn2nnnc2[C@@H](c2cc3ccc(OC)cc3[nH]c2=O)N2CCCCCC2)cc1. The Hall–Kier alpha value is -3.72. The maximum absolute atomic E-state index is 13.4. The third-order valence-corrected chi connectivity index (χ3v) is 6.68. The fraction of sp³-hybridized carbons (Fsp3) is 0.385. The highest BCUT2D eigenvalue weighted by atomic mass is 16.5. The molecule has 1 aliphatic rings. The first kappa shape index (κ1) is 23.0. The molecule has 0 saturated carbocycles. The lowest BCUT2D eigenvalue weighted by atomic mass is 10.0. The van der Waals surface area contributed by atoms with E-state index >= 15 is 0 Å². The number of pyridine rings is 1. The van der Waals surface area contributed by atoms with Crippen molar-refractivity contribution in [3.63, 3.8) is 0 Å². The lowest BCUT2D eigenvalue weighted by Crippen LogP contribution is -2.36. The summed E-state index contributed by atoms with van der Waals surface area (Å²) in [6, 6.07) is 15.2. The Balaban J connectivity index is 1.58. The van der Waals surface area contributed by atoms with E-state index < -0.39 is 0 Å². The van der Waals surface area contributed by atoms with Crippen LogP contribution in [0.2, 0.25) is 0 Å². The van der Waals surface area contributed by atoms with E-state index in [9.17, 15) is 4.79 Å². The molecular weight excluding hydrogens is 444 g/mol. The van der Waals surface area contributed by atoms with Crippen LogP contribution in [0.25, 0.3) is 10.9 Å². The van der Waals surface area contributed by atoms with Gasteiger partial charge in [0.25, 0.3) is 5.56 Å². The van der Waals surface area contributed by atoms with Gasteiger partial charge >= 0.3 is 0 Å². The lowest BCUT2D eigenvalue weighted by molar-refractivity contribution is 0.220. The number of nitrogens with zero attached hydrogens (tertiary/aromatic N) is 5. The van der Waals surface area contributed by atoms with Gasteiger partial charge in [-0.1, -0.05) is 25.0 Å². The Morgan fingerprint density at radius 3 is 2.37 bits per heavy atom. The Kier molecular flexibility index (Phi) is 6.76. The number of aromatic nitrogens is 5. The summed E-state index contributed by atoms with van der Waals surface area (Å²) in [6.07, 6.45) is 4.54. The van der Waals surface area contributed by atoms with Crippen molar-refractivity contribution < 1.29 is 9.47 Å². The fourth-order valence-corrected chi connectivity index (χ4v) is 4.80. The molecule has 1 saturated heterocycles. The van der Waals surface area contributed by atoms with Crippen LogP contribution in [0.5, 0.6) is 11.5 Å². The number of likely N-dealkylation sites (tertiary alicyclic amines) is 1. The van der Waals surface area contributed by atoms with E-state index in [1.54, 1.807) is 18.9 Å². The van der Waals surface area contributed by atoms with Crippen LogP contribution in [0.1, 0.15) is 48.7 Å². The Morgan fingerprint density at radius 1 is 0.943 bits per heavy atom. The minimum absolute atomic E-state index is 0.140. The van der Waals surface area contributed by atoms with Gasteiger partial charge in [-0.15, -0.1) is 5.10 Å². The predicted molar refractivity (Wildman–Crippen MR) is 133 cm³/mol. The van der Waals surface area contributed by atoms with Crippen LogP contribution in [0, 0.1) is 0 Å². The monoisotopic (exact) mass is 474 g/mol. The van der Waals surface area contributed by atoms with Crippen LogP contribution in [0.3, 0.4) is 0 Å². The van der Waals surface area contributed by atoms with Gasteiger partial charge in [-0.25, -0.2) is 4.68 Å². The summed E-state index contributed by atoms with van der Waals surface area (Å²) < 4.78 is 12.4. The van der Waals surface area contributed by atoms with Gasteiger partial charge in [0.05, 0.1) is 26.3 Å². The van der Waals surface area contributed by atoms with Crippen molar-refractivity contribution in [3.05, 3.63) is 75.8 Å². The zero-order chi connectivity index (χ0) is 24.2. The quantitative estimate of drug-likeness (QED) is 0.437. The maximum Gasteiger partial charge on any atom is 0.253 e. The molecule has 2 aromatic carbocycles. The van der Waals surface area contributed by atoms with Gasteiger partial charge in [-0.3, -0.25) is 9.69 Å². The molecule has 0 amide bonds. The minimum atomic E-state index is -0.350. The van der Waals surface area contributed by atoms with E-state index in [0.717, 1.165) is 48.1 Å². The largest absolute Gasteiger partial charge is 0.497 e. The normalized spacial score (nSPS) is 15.6. The molecule has 0 aliphatic carbocycles. The zero-order valence-electron chi connectivity index (χ0n) is 20.1. The summed E-state index contributed by atoms with van der Waals surface area (Å²) in [4.78, 5) is 18.8. The molecule has 9 heteroatoms. The number of rotatable bonds is 7. The van der Waals surface area contributed by atoms with E-state index in [1.165, 1.54) is 12.8 Å². The summed E-state index contributed by atoms with van der Waals surface area (Å²) >= 11 is 0. The zero-order valence-corrected chi connectivity index (χ0v) is 20.1. The molecule has 1 aliphatic heterocycles. The molecule has 0 unspecified atom stereocenters. The summed E-state index contributed by atoms with van der Waals surface area (Å²) in [6.45, 7) is 2.28. The van der Waals surface area contributed by atoms with Crippen molar-refractivity contribution in [2.45, 2.75) is 38.3 Å². The molecule has 3 heterocycles. The smallest absolute Gasteiger partial charge is 0.253 e. The highest BCUT2D eigenvalue weighted by molar-refractivity contribution is 5.80.